The molecule has 1 aliphatic carbocycles. The molecular weight excluding hydrogens is 451 g/mol. The number of benzene rings is 1. The van der Waals surface area contributed by atoms with Crippen LogP contribution in [0.3, 0.4) is 0 Å². The van der Waals surface area contributed by atoms with Crippen molar-refractivity contribution in [3.05, 3.63) is 62.1 Å². The lowest BCUT2D eigenvalue weighted by Crippen LogP contribution is -2.38. The summed E-state index contributed by atoms with van der Waals surface area (Å²) in [5.74, 6) is 1.84. The van der Waals surface area contributed by atoms with Crippen LogP contribution in [-0.2, 0) is 12.8 Å². The molecule has 0 radical (unpaired) electrons. The minimum absolute atomic E-state index is 0.0378. The Bertz CT molecular complexity index is 1170. The lowest BCUT2D eigenvalue weighted by atomic mass is 9.72. The number of anilines is 1. The van der Waals surface area contributed by atoms with Crippen LogP contribution in [0.25, 0.3) is 11.3 Å². The van der Waals surface area contributed by atoms with E-state index in [9.17, 15) is 4.79 Å². The van der Waals surface area contributed by atoms with Crippen molar-refractivity contribution in [3.8, 4) is 11.3 Å². The second kappa shape index (κ2) is 7.58. The molecule has 162 valence electrons. The molecule has 4 nitrogen and oxygen atoms in total. The van der Waals surface area contributed by atoms with E-state index in [-0.39, 0.29) is 11.3 Å². The Morgan fingerprint density at radius 3 is 2.71 bits per heavy atom. The van der Waals surface area contributed by atoms with Crippen molar-refractivity contribution in [3.63, 3.8) is 0 Å². The van der Waals surface area contributed by atoms with E-state index < -0.39 is 6.17 Å². The number of amides is 1. The second-order valence-corrected chi connectivity index (χ2v) is 11.3. The van der Waals surface area contributed by atoms with E-state index in [4.69, 9.17) is 27.6 Å². The fraction of sp³-hybridized carbons (Fsp3) is 0.375. The molecule has 5 rings (SSSR count). The van der Waals surface area contributed by atoms with Crippen LogP contribution in [0.2, 0.25) is 10.0 Å². The number of hydrogen-bond acceptors (Lipinski definition) is 4. The number of thiophene rings is 1. The number of rotatable bonds is 2. The van der Waals surface area contributed by atoms with Gasteiger partial charge < -0.3 is 15.1 Å². The van der Waals surface area contributed by atoms with E-state index in [0.29, 0.717) is 27.5 Å². The van der Waals surface area contributed by atoms with Crippen LogP contribution in [0.5, 0.6) is 0 Å². The smallest absolute Gasteiger partial charge is 0.256 e. The molecule has 0 saturated heterocycles. The first-order valence-electron chi connectivity index (χ1n) is 10.5. The highest BCUT2D eigenvalue weighted by atomic mass is 35.5. The van der Waals surface area contributed by atoms with E-state index >= 15 is 0 Å². The third-order valence-electron chi connectivity index (χ3n) is 6.40. The molecule has 2 N–H and O–H groups in total. The summed E-state index contributed by atoms with van der Waals surface area (Å²) in [5, 5.41) is 8.40. The molecular formula is C24H24Cl2N2O2S. The minimum Gasteiger partial charge on any atom is -0.457 e. The number of nitrogens with one attached hydrogen (secondary N) is 2. The standard InChI is InChI=1S/C24H24Cl2N2O2S/c1-24(2,3)12-7-8-14-18(11-12)31-23-19(14)22(29)27-21(28-23)17-10-9-16(30-17)13-5-4-6-15(25)20(13)26/h4-6,9-10,12,21,28H,7-8,11H2,1-3H3,(H,27,29)/t12-,21-/m0/s1. The van der Waals surface area contributed by atoms with Crippen LogP contribution in [0.15, 0.2) is 34.7 Å². The SMILES string of the molecule is CC(C)(C)[C@H]1CCc2c(sc3c2C(=O)N[C@H](c2ccc(-c4cccc(Cl)c4Cl)o2)N3)C1. The number of halogens is 2. The monoisotopic (exact) mass is 474 g/mol. The Morgan fingerprint density at radius 2 is 1.94 bits per heavy atom. The van der Waals surface area contributed by atoms with Gasteiger partial charge in [-0.05, 0) is 60.4 Å². The van der Waals surface area contributed by atoms with Crippen molar-refractivity contribution in [2.75, 3.05) is 5.32 Å². The molecule has 7 heteroatoms. The van der Waals surface area contributed by atoms with E-state index in [2.05, 4.69) is 31.4 Å². The lowest BCUT2D eigenvalue weighted by Gasteiger charge is -2.34. The molecule has 0 unspecified atom stereocenters. The molecule has 2 atom stereocenters. The second-order valence-electron chi connectivity index (χ2n) is 9.37. The third-order valence-corrected chi connectivity index (χ3v) is 8.40. The van der Waals surface area contributed by atoms with Gasteiger partial charge in [0.05, 0.1) is 15.6 Å². The predicted octanol–water partition coefficient (Wildman–Crippen LogP) is 7.32. The third kappa shape index (κ3) is 3.67. The summed E-state index contributed by atoms with van der Waals surface area (Å²) in [5.41, 5.74) is 3.03. The molecule has 1 amide bonds. The number of furan rings is 1. The summed E-state index contributed by atoms with van der Waals surface area (Å²) < 4.78 is 6.06. The van der Waals surface area contributed by atoms with Crippen LogP contribution in [0.1, 0.15) is 59.9 Å². The maximum absolute atomic E-state index is 13.0. The highest BCUT2D eigenvalue weighted by Gasteiger charge is 2.37. The maximum atomic E-state index is 13.0. The van der Waals surface area contributed by atoms with Crippen LogP contribution in [0, 0.1) is 11.3 Å². The Labute approximate surface area is 195 Å². The largest absolute Gasteiger partial charge is 0.457 e. The summed E-state index contributed by atoms with van der Waals surface area (Å²) >= 11 is 14.2. The van der Waals surface area contributed by atoms with Gasteiger partial charge in [0.15, 0.2) is 6.17 Å². The summed E-state index contributed by atoms with van der Waals surface area (Å²) in [6.45, 7) is 6.91. The molecule has 3 aromatic rings. The molecule has 0 saturated carbocycles. The zero-order valence-corrected chi connectivity index (χ0v) is 20.0. The summed E-state index contributed by atoms with van der Waals surface area (Å²) in [4.78, 5) is 14.4. The molecule has 31 heavy (non-hydrogen) atoms. The van der Waals surface area contributed by atoms with Crippen molar-refractivity contribution in [2.24, 2.45) is 11.3 Å². The van der Waals surface area contributed by atoms with E-state index in [1.165, 1.54) is 10.4 Å². The predicted molar refractivity (Wildman–Crippen MR) is 127 cm³/mol. The van der Waals surface area contributed by atoms with Gasteiger partial charge >= 0.3 is 0 Å². The highest BCUT2D eigenvalue weighted by molar-refractivity contribution is 7.16. The van der Waals surface area contributed by atoms with Crippen molar-refractivity contribution in [1.29, 1.82) is 0 Å². The van der Waals surface area contributed by atoms with Gasteiger partial charge in [-0.3, -0.25) is 4.79 Å². The molecule has 3 heterocycles. The van der Waals surface area contributed by atoms with Gasteiger partial charge in [0, 0.05) is 10.4 Å². The molecule has 2 aliphatic rings. The zero-order chi connectivity index (χ0) is 21.9. The van der Waals surface area contributed by atoms with E-state index in [1.807, 2.05) is 24.3 Å². The van der Waals surface area contributed by atoms with E-state index in [0.717, 1.165) is 35.4 Å². The van der Waals surface area contributed by atoms with Crippen molar-refractivity contribution >= 4 is 45.4 Å². The minimum atomic E-state index is -0.426. The number of hydrogen-bond donors (Lipinski definition) is 2. The Hall–Kier alpha value is -1.95. The van der Waals surface area contributed by atoms with E-state index in [1.54, 1.807) is 17.4 Å². The molecule has 1 aliphatic heterocycles. The summed E-state index contributed by atoms with van der Waals surface area (Å²) in [6, 6.07) is 9.15. The van der Waals surface area contributed by atoms with Crippen molar-refractivity contribution < 1.29 is 9.21 Å². The van der Waals surface area contributed by atoms with Gasteiger partial charge in [-0.2, -0.15) is 0 Å². The number of carbonyl (C=O) groups is 1. The van der Waals surface area contributed by atoms with Crippen LogP contribution in [0.4, 0.5) is 5.00 Å². The molecule has 1 aromatic carbocycles. The number of fused-ring (bicyclic) bond motifs is 3. The lowest BCUT2D eigenvalue weighted by molar-refractivity contribution is 0.0930. The highest BCUT2D eigenvalue weighted by Crippen LogP contribution is 2.46. The Morgan fingerprint density at radius 1 is 1.13 bits per heavy atom. The summed E-state index contributed by atoms with van der Waals surface area (Å²) in [7, 11) is 0. The molecule has 0 bridgehead atoms. The first-order chi connectivity index (χ1) is 14.7. The molecule has 0 fully saturated rings. The molecule has 0 spiro atoms. The van der Waals surface area contributed by atoms with Gasteiger partial charge in [0.2, 0.25) is 0 Å². The molecule has 2 aromatic heterocycles. The van der Waals surface area contributed by atoms with Gasteiger partial charge in [-0.15, -0.1) is 11.3 Å². The number of carbonyl (C=O) groups excluding carboxylic acids is 1. The first kappa shape index (κ1) is 20.9. The average Bonchev–Trinajstić information content (AvgIpc) is 3.33. The van der Waals surface area contributed by atoms with Crippen molar-refractivity contribution in [2.45, 2.75) is 46.2 Å². The van der Waals surface area contributed by atoms with Crippen LogP contribution in [-0.4, -0.2) is 5.91 Å². The Kier molecular flexibility index (Phi) is 5.11. The van der Waals surface area contributed by atoms with Gasteiger partial charge in [0.25, 0.3) is 5.91 Å². The van der Waals surface area contributed by atoms with Crippen molar-refractivity contribution in [1.82, 2.24) is 5.32 Å². The normalized spacial score (nSPS) is 20.6. The van der Waals surface area contributed by atoms with Crippen LogP contribution >= 0.6 is 34.5 Å². The average molecular weight is 475 g/mol. The van der Waals surface area contributed by atoms with Gasteiger partial charge in [-0.25, -0.2) is 0 Å². The topological polar surface area (TPSA) is 54.3 Å². The summed E-state index contributed by atoms with van der Waals surface area (Å²) in [6.07, 6.45) is 2.69. The zero-order valence-electron chi connectivity index (χ0n) is 17.6. The van der Waals surface area contributed by atoms with Gasteiger partial charge in [-0.1, -0.05) is 50.0 Å². The van der Waals surface area contributed by atoms with Gasteiger partial charge in [0.1, 0.15) is 16.5 Å². The maximum Gasteiger partial charge on any atom is 0.256 e. The first-order valence-corrected chi connectivity index (χ1v) is 12.1. The van der Waals surface area contributed by atoms with Crippen LogP contribution < -0.4 is 10.6 Å². The fourth-order valence-corrected chi connectivity index (χ4v) is 6.27. The fourth-order valence-electron chi connectivity index (χ4n) is 4.53. The quantitative estimate of drug-likeness (QED) is 0.408. The Balaban J connectivity index is 1.43.